The van der Waals surface area contributed by atoms with E-state index in [9.17, 15) is 0 Å². The molecule has 1 saturated heterocycles. The molecule has 1 unspecified atom stereocenters. The summed E-state index contributed by atoms with van der Waals surface area (Å²) in [6, 6.07) is 28.3. The molecule has 0 bridgehead atoms. The number of rotatable bonds is 3. The van der Waals surface area contributed by atoms with Crippen molar-refractivity contribution in [3.05, 3.63) is 101 Å². The Morgan fingerprint density at radius 3 is 2.41 bits per heavy atom. The van der Waals surface area contributed by atoms with E-state index in [0.717, 1.165) is 44.6 Å². The van der Waals surface area contributed by atoms with Gasteiger partial charge in [0.1, 0.15) is 5.75 Å². The second-order valence-electron chi connectivity index (χ2n) is 9.33. The highest BCUT2D eigenvalue weighted by Crippen LogP contribution is 2.49. The predicted molar refractivity (Wildman–Crippen MR) is 128 cm³/mol. The van der Waals surface area contributed by atoms with Crippen molar-refractivity contribution in [3.8, 4) is 5.75 Å². The Bertz CT molecular complexity index is 1130. The molecule has 3 aliphatic rings. The second-order valence-corrected chi connectivity index (χ2v) is 9.33. The van der Waals surface area contributed by atoms with Crippen LogP contribution in [0.25, 0.3) is 0 Å². The number of hydrogen-bond acceptors (Lipinski definition) is 4. The summed E-state index contributed by atoms with van der Waals surface area (Å²) < 4.78 is 6.77. The van der Waals surface area contributed by atoms with Crippen LogP contribution in [-0.4, -0.2) is 34.4 Å². The number of aryl methyl sites for hydroxylation is 1. The van der Waals surface area contributed by atoms with Crippen LogP contribution in [0.2, 0.25) is 0 Å². The third kappa shape index (κ3) is 3.39. The zero-order valence-electron chi connectivity index (χ0n) is 18.6. The highest BCUT2D eigenvalue weighted by molar-refractivity contribution is 6.02. The lowest BCUT2D eigenvalue weighted by Crippen LogP contribution is -2.59. The molecule has 162 valence electrons. The smallest absolute Gasteiger partial charge is 0.200 e. The highest BCUT2D eigenvalue weighted by Gasteiger charge is 2.51. The van der Waals surface area contributed by atoms with Crippen molar-refractivity contribution in [2.24, 2.45) is 5.10 Å². The van der Waals surface area contributed by atoms with Crippen molar-refractivity contribution < 1.29 is 4.74 Å². The number of nitrogens with zero attached hydrogens (tertiary/aromatic N) is 3. The number of hydrogen-bond donors (Lipinski definition) is 0. The molecule has 3 aliphatic heterocycles. The van der Waals surface area contributed by atoms with Crippen LogP contribution in [-0.2, 0) is 6.54 Å². The first-order valence-corrected chi connectivity index (χ1v) is 11.7. The standard InChI is InChI=1S/C28H29N3O/c1-21-11-13-23(14-12-21)25-19-26-24-9-5-6-10-27(24)32-28(31(26)29-25)15-17-30(18-16-28)20-22-7-3-2-4-8-22/h2-14,26H,15-20H2,1H3. The Labute approximate surface area is 190 Å². The number of ether oxygens (including phenoxy) is 1. The van der Waals surface area contributed by atoms with Crippen LogP contribution in [0.4, 0.5) is 0 Å². The van der Waals surface area contributed by atoms with Crippen molar-refractivity contribution in [2.45, 2.75) is 44.5 Å². The molecule has 3 heterocycles. The molecule has 0 radical (unpaired) electrons. The molecule has 0 amide bonds. The summed E-state index contributed by atoms with van der Waals surface area (Å²) in [5.41, 5.74) is 5.94. The predicted octanol–water partition coefficient (Wildman–Crippen LogP) is 5.53. The van der Waals surface area contributed by atoms with Crippen LogP contribution in [0.1, 0.15) is 47.6 Å². The number of fused-ring (bicyclic) bond motifs is 4. The maximum absolute atomic E-state index is 6.77. The second kappa shape index (κ2) is 7.79. The van der Waals surface area contributed by atoms with Crippen LogP contribution in [0.3, 0.4) is 0 Å². The molecule has 4 heteroatoms. The number of piperidine rings is 1. The maximum Gasteiger partial charge on any atom is 0.200 e. The fourth-order valence-electron chi connectivity index (χ4n) is 5.38. The average molecular weight is 424 g/mol. The van der Waals surface area contributed by atoms with Gasteiger partial charge >= 0.3 is 0 Å². The number of likely N-dealkylation sites (tertiary alicyclic amines) is 1. The first-order valence-electron chi connectivity index (χ1n) is 11.7. The van der Waals surface area contributed by atoms with E-state index in [1.54, 1.807) is 0 Å². The van der Waals surface area contributed by atoms with Crippen LogP contribution >= 0.6 is 0 Å². The Hall–Kier alpha value is -3.11. The number of benzene rings is 3. The number of hydrazone groups is 1. The highest BCUT2D eigenvalue weighted by atomic mass is 16.5. The molecule has 3 aromatic rings. The van der Waals surface area contributed by atoms with Gasteiger partial charge in [-0.05, 0) is 24.1 Å². The van der Waals surface area contributed by atoms with Gasteiger partial charge in [-0.15, -0.1) is 0 Å². The molecule has 0 aliphatic carbocycles. The fourth-order valence-corrected chi connectivity index (χ4v) is 5.38. The van der Waals surface area contributed by atoms with Gasteiger partial charge in [-0.2, -0.15) is 5.10 Å². The first kappa shape index (κ1) is 19.6. The summed E-state index contributed by atoms with van der Waals surface area (Å²) in [4.78, 5) is 2.54. The summed E-state index contributed by atoms with van der Waals surface area (Å²) in [5.74, 6) is 1.03. The largest absolute Gasteiger partial charge is 0.466 e. The topological polar surface area (TPSA) is 28.1 Å². The maximum atomic E-state index is 6.77. The van der Waals surface area contributed by atoms with Crippen LogP contribution < -0.4 is 4.74 Å². The molecular weight excluding hydrogens is 394 g/mol. The Kier molecular flexibility index (Phi) is 4.76. The van der Waals surface area contributed by atoms with Crippen molar-refractivity contribution in [3.63, 3.8) is 0 Å². The van der Waals surface area contributed by atoms with Crippen LogP contribution in [0.5, 0.6) is 5.75 Å². The van der Waals surface area contributed by atoms with Crippen LogP contribution in [0.15, 0.2) is 84.0 Å². The molecule has 32 heavy (non-hydrogen) atoms. The van der Waals surface area contributed by atoms with E-state index < -0.39 is 0 Å². The van der Waals surface area contributed by atoms with Gasteiger partial charge in [-0.3, -0.25) is 4.90 Å². The van der Waals surface area contributed by atoms with E-state index in [-0.39, 0.29) is 11.8 Å². The van der Waals surface area contributed by atoms with Gasteiger partial charge in [0.15, 0.2) is 0 Å². The van der Waals surface area contributed by atoms with E-state index in [1.165, 1.54) is 28.0 Å². The van der Waals surface area contributed by atoms with Crippen LogP contribution in [0, 0.1) is 6.92 Å². The van der Waals surface area contributed by atoms with Gasteiger partial charge in [0.2, 0.25) is 5.72 Å². The van der Waals surface area contributed by atoms with Gasteiger partial charge in [0, 0.05) is 44.5 Å². The van der Waals surface area contributed by atoms with Crippen molar-refractivity contribution >= 4 is 5.71 Å². The van der Waals surface area contributed by atoms with Gasteiger partial charge in [0.25, 0.3) is 0 Å². The monoisotopic (exact) mass is 423 g/mol. The molecule has 1 fully saturated rings. The van der Waals surface area contributed by atoms with Crippen molar-refractivity contribution in [1.82, 2.24) is 9.91 Å². The first-order chi connectivity index (χ1) is 15.7. The molecular formula is C28H29N3O. The lowest BCUT2D eigenvalue weighted by atomic mass is 9.90. The molecule has 0 aromatic heterocycles. The lowest BCUT2D eigenvalue weighted by molar-refractivity contribution is -0.150. The Balaban J connectivity index is 1.29. The van der Waals surface area contributed by atoms with Gasteiger partial charge in [0.05, 0.1) is 11.8 Å². The zero-order valence-corrected chi connectivity index (χ0v) is 18.6. The molecule has 6 rings (SSSR count). The molecule has 1 spiro atoms. The molecule has 1 atom stereocenters. The van der Waals surface area contributed by atoms with E-state index in [0.29, 0.717) is 0 Å². The fraction of sp³-hybridized carbons (Fsp3) is 0.321. The Morgan fingerprint density at radius 1 is 0.906 bits per heavy atom. The minimum absolute atomic E-state index is 0.247. The molecule has 0 N–H and O–H groups in total. The Morgan fingerprint density at radius 2 is 1.62 bits per heavy atom. The van der Waals surface area contributed by atoms with Crippen molar-refractivity contribution in [1.29, 1.82) is 0 Å². The summed E-state index contributed by atoms with van der Waals surface area (Å²) in [5, 5.41) is 7.51. The summed E-state index contributed by atoms with van der Waals surface area (Å²) in [6.45, 7) is 5.14. The van der Waals surface area contributed by atoms with Gasteiger partial charge < -0.3 is 4.74 Å². The lowest BCUT2D eigenvalue weighted by Gasteiger charge is -2.51. The molecule has 3 aromatic carbocycles. The van der Waals surface area contributed by atoms with Gasteiger partial charge in [-0.25, -0.2) is 5.01 Å². The summed E-state index contributed by atoms with van der Waals surface area (Å²) in [7, 11) is 0. The normalized spacial score (nSPS) is 21.6. The van der Waals surface area contributed by atoms with E-state index in [1.807, 2.05) is 0 Å². The SMILES string of the molecule is Cc1ccc(C2=NN3C(C2)c2ccccc2OC32CCN(Cc3ccccc3)CC2)cc1. The number of para-hydroxylation sites is 1. The molecule has 0 saturated carbocycles. The molecule has 4 nitrogen and oxygen atoms in total. The van der Waals surface area contributed by atoms with E-state index in [2.05, 4.69) is 95.7 Å². The average Bonchev–Trinajstić information content (AvgIpc) is 3.29. The van der Waals surface area contributed by atoms with E-state index >= 15 is 0 Å². The summed E-state index contributed by atoms with van der Waals surface area (Å²) >= 11 is 0. The quantitative estimate of drug-likeness (QED) is 0.554. The van der Waals surface area contributed by atoms with Gasteiger partial charge in [-0.1, -0.05) is 78.4 Å². The third-order valence-corrected chi connectivity index (χ3v) is 7.18. The van der Waals surface area contributed by atoms with E-state index in [4.69, 9.17) is 9.84 Å². The third-order valence-electron chi connectivity index (χ3n) is 7.18. The van der Waals surface area contributed by atoms with Crippen molar-refractivity contribution in [2.75, 3.05) is 13.1 Å². The zero-order chi connectivity index (χ0) is 21.5. The minimum Gasteiger partial charge on any atom is -0.466 e. The summed E-state index contributed by atoms with van der Waals surface area (Å²) in [6.07, 6.45) is 2.84. The minimum atomic E-state index is -0.362.